The second-order valence-electron chi connectivity index (χ2n) is 22.8. The number of hydrogen-bond acceptors (Lipinski definition) is 5. The summed E-state index contributed by atoms with van der Waals surface area (Å²) in [6.07, 6.45) is 79.0. The average molecular weight is 1090 g/mol. The van der Waals surface area contributed by atoms with E-state index in [9.17, 15) is 19.5 Å². The third-order valence-electron chi connectivity index (χ3n) is 15.0. The van der Waals surface area contributed by atoms with Crippen LogP contribution in [-0.4, -0.2) is 56.2 Å². The van der Waals surface area contributed by atoms with E-state index in [1.807, 2.05) is 0 Å². The first-order valence-corrected chi connectivity index (χ1v) is 33.6. The van der Waals surface area contributed by atoms with Crippen molar-refractivity contribution < 1.29 is 39.9 Å². The van der Waals surface area contributed by atoms with Gasteiger partial charge in [0.05, 0.1) is 18.6 Å². The molecule has 0 aromatic heterocycles. The lowest BCUT2D eigenvalue weighted by molar-refractivity contribution is -0.143. The van der Waals surface area contributed by atoms with Crippen LogP contribution in [0.3, 0.4) is 0 Å². The van der Waals surface area contributed by atoms with Crippen molar-refractivity contribution in [2.75, 3.05) is 6.61 Å². The van der Waals surface area contributed by atoms with E-state index >= 15 is 0 Å². The molecule has 0 aliphatic carbocycles. The predicted octanol–water partition coefficient (Wildman–Crippen LogP) is 22.0. The molecule has 0 heterocycles. The van der Waals surface area contributed by atoms with Gasteiger partial charge >= 0.3 is 17.9 Å². The molecule has 2 unspecified atom stereocenters. The summed E-state index contributed by atoms with van der Waals surface area (Å²) < 4.78 is 0. The van der Waals surface area contributed by atoms with Crippen LogP contribution >= 0.6 is 0 Å². The lowest BCUT2D eigenvalue weighted by atomic mass is 9.94. The van der Waals surface area contributed by atoms with Gasteiger partial charge in [0.15, 0.2) is 0 Å². The number of aliphatic carboxylic acids is 3. The van der Waals surface area contributed by atoms with E-state index in [1.54, 1.807) is 0 Å². The Balaban J connectivity index is -0.00000107. The molecule has 0 bridgehead atoms. The van der Waals surface area contributed by atoms with Crippen LogP contribution < -0.4 is 0 Å². The van der Waals surface area contributed by atoms with Gasteiger partial charge in [0, 0.05) is 12.8 Å². The largest absolute Gasteiger partial charge is 0.481 e. The predicted molar refractivity (Wildman–Crippen MR) is 333 cm³/mol. The molecule has 8 nitrogen and oxygen atoms in total. The topological polar surface area (TPSA) is 152 Å². The zero-order valence-corrected chi connectivity index (χ0v) is 51.5. The summed E-state index contributed by atoms with van der Waals surface area (Å²) in [6, 6.07) is 0. The molecule has 0 radical (unpaired) electrons. The number of carboxylic acids is 3. The maximum atomic E-state index is 11.2. The molecule has 0 saturated heterocycles. The van der Waals surface area contributed by atoms with Gasteiger partial charge < -0.3 is 25.5 Å². The van der Waals surface area contributed by atoms with Crippen molar-refractivity contribution in [3.8, 4) is 0 Å². The van der Waals surface area contributed by atoms with Gasteiger partial charge in [-0.15, -0.1) is 0 Å². The first-order chi connectivity index (χ1) is 37.7. The molecular formula is C69H132O8. The number of aliphatic hydroxyl groups excluding tert-OH is 2. The quantitative estimate of drug-likeness (QED) is 0.0298. The highest BCUT2D eigenvalue weighted by Gasteiger charge is 2.20. The summed E-state index contributed by atoms with van der Waals surface area (Å²) in [7, 11) is 0. The summed E-state index contributed by atoms with van der Waals surface area (Å²) in [5.74, 6) is -2.71. The summed E-state index contributed by atoms with van der Waals surface area (Å²) >= 11 is 0. The van der Waals surface area contributed by atoms with Crippen molar-refractivity contribution in [1.82, 2.24) is 0 Å². The SMILES string of the molecule is CCCCCCCCC=CCCCCCCCCCCC(CC(O)CO)C(=O)O.CCCCCCCCC=CCCCCCCCCCCCC(=O)O.CCCCCCCCC=CCCCCCCCCCCCC(=O)O. The van der Waals surface area contributed by atoms with Gasteiger partial charge in [-0.2, -0.15) is 0 Å². The van der Waals surface area contributed by atoms with Crippen molar-refractivity contribution in [3.05, 3.63) is 36.5 Å². The van der Waals surface area contributed by atoms with Gasteiger partial charge in [-0.1, -0.05) is 288 Å². The van der Waals surface area contributed by atoms with E-state index in [0.29, 0.717) is 19.3 Å². The standard InChI is InChI=1S/C25H48O4.2C22H42O2/c1-2-3-4-5-6-7-8-9-10-11-12-13-14-15-16-17-18-19-20-23(25(28)29)21-24(27)22-26;2*1-2-3-4-5-6-7-8-9-10-11-12-13-14-15-16-17-18-19-20-21-22(23)24/h9-10,23-24,26-27H,2-8,11-22H2,1H3,(H,28,29);2*9-10H,2-8,11-21H2,1H3,(H,23,24). The van der Waals surface area contributed by atoms with Crippen LogP contribution in [0, 0.1) is 5.92 Å². The lowest BCUT2D eigenvalue weighted by Gasteiger charge is -2.15. The van der Waals surface area contributed by atoms with Gasteiger partial charge in [-0.05, 0) is 103 Å². The second kappa shape index (κ2) is 71.6. The van der Waals surface area contributed by atoms with Crippen LogP contribution in [0.1, 0.15) is 367 Å². The minimum Gasteiger partial charge on any atom is -0.481 e. The molecule has 456 valence electrons. The zero-order valence-electron chi connectivity index (χ0n) is 51.5. The van der Waals surface area contributed by atoms with Crippen molar-refractivity contribution >= 4 is 17.9 Å². The van der Waals surface area contributed by atoms with Crippen LogP contribution in [0.4, 0.5) is 0 Å². The molecule has 0 aromatic carbocycles. The molecule has 5 N–H and O–H groups in total. The minimum atomic E-state index is -0.915. The fraction of sp³-hybridized carbons (Fsp3) is 0.870. The van der Waals surface area contributed by atoms with E-state index in [4.69, 9.17) is 20.4 Å². The number of carboxylic acid groups (broad SMARTS) is 3. The van der Waals surface area contributed by atoms with E-state index in [0.717, 1.165) is 44.9 Å². The van der Waals surface area contributed by atoms with Crippen LogP contribution in [-0.2, 0) is 14.4 Å². The second-order valence-corrected chi connectivity index (χ2v) is 22.8. The number of carbonyl (C=O) groups is 3. The average Bonchev–Trinajstić information content (AvgIpc) is 3.41. The Bertz CT molecular complexity index is 1190. The van der Waals surface area contributed by atoms with Gasteiger partial charge in [0.1, 0.15) is 0 Å². The van der Waals surface area contributed by atoms with Crippen LogP contribution in [0.15, 0.2) is 36.5 Å². The molecule has 0 rings (SSSR count). The smallest absolute Gasteiger partial charge is 0.306 e. The van der Waals surface area contributed by atoms with Crippen molar-refractivity contribution in [1.29, 1.82) is 0 Å². The molecule has 0 saturated carbocycles. The number of hydrogen-bond donors (Lipinski definition) is 5. The highest BCUT2D eigenvalue weighted by atomic mass is 16.4. The monoisotopic (exact) mass is 1090 g/mol. The van der Waals surface area contributed by atoms with Crippen molar-refractivity contribution in [3.63, 3.8) is 0 Å². The number of allylic oxidation sites excluding steroid dienone is 6. The van der Waals surface area contributed by atoms with E-state index in [-0.39, 0.29) is 13.0 Å². The molecule has 2 atom stereocenters. The Hall–Kier alpha value is -2.45. The molecular weight excluding hydrogens is 957 g/mol. The highest BCUT2D eigenvalue weighted by Crippen LogP contribution is 2.19. The molecule has 0 fully saturated rings. The van der Waals surface area contributed by atoms with Gasteiger partial charge in [-0.3, -0.25) is 14.4 Å². The number of rotatable bonds is 60. The lowest BCUT2D eigenvalue weighted by Crippen LogP contribution is -2.23. The van der Waals surface area contributed by atoms with Crippen LogP contribution in [0.5, 0.6) is 0 Å². The van der Waals surface area contributed by atoms with Gasteiger partial charge in [-0.25, -0.2) is 0 Å². The van der Waals surface area contributed by atoms with E-state index in [2.05, 4.69) is 57.2 Å². The molecule has 0 spiro atoms. The third-order valence-corrected chi connectivity index (χ3v) is 15.0. The number of unbranched alkanes of at least 4 members (excludes halogenated alkanes) is 44. The summed E-state index contributed by atoms with van der Waals surface area (Å²) in [4.78, 5) is 31.9. The third kappa shape index (κ3) is 77.8. The molecule has 0 aliphatic heterocycles. The van der Waals surface area contributed by atoms with Crippen LogP contribution in [0.25, 0.3) is 0 Å². The number of aliphatic hydroxyl groups is 2. The fourth-order valence-electron chi connectivity index (χ4n) is 9.85. The Morgan fingerprint density at radius 3 is 0.727 bits per heavy atom. The van der Waals surface area contributed by atoms with E-state index < -0.39 is 29.9 Å². The Morgan fingerprint density at radius 1 is 0.312 bits per heavy atom. The summed E-state index contributed by atoms with van der Waals surface area (Å²) in [5, 5.41) is 44.5. The molecule has 0 aromatic rings. The maximum Gasteiger partial charge on any atom is 0.306 e. The van der Waals surface area contributed by atoms with Gasteiger partial charge in [0.25, 0.3) is 0 Å². The maximum absolute atomic E-state index is 11.2. The normalized spacial score (nSPS) is 12.3. The molecule has 0 aliphatic rings. The molecule has 0 amide bonds. The van der Waals surface area contributed by atoms with Crippen LogP contribution in [0.2, 0.25) is 0 Å². The summed E-state index contributed by atoms with van der Waals surface area (Å²) in [5.41, 5.74) is 0. The highest BCUT2D eigenvalue weighted by molar-refractivity contribution is 5.70. The first kappa shape index (κ1) is 78.8. The Morgan fingerprint density at radius 2 is 0.519 bits per heavy atom. The molecule has 77 heavy (non-hydrogen) atoms. The zero-order chi connectivity index (χ0) is 57.0. The van der Waals surface area contributed by atoms with Crippen molar-refractivity contribution in [2.45, 2.75) is 374 Å². The Kier molecular flexibility index (Phi) is 73.2. The summed E-state index contributed by atoms with van der Waals surface area (Å²) in [6.45, 7) is 6.44. The van der Waals surface area contributed by atoms with Gasteiger partial charge in [0.2, 0.25) is 0 Å². The minimum absolute atomic E-state index is 0.152. The molecule has 8 heteroatoms. The van der Waals surface area contributed by atoms with Crippen molar-refractivity contribution in [2.24, 2.45) is 5.92 Å². The van der Waals surface area contributed by atoms with E-state index in [1.165, 1.54) is 276 Å². The first-order valence-electron chi connectivity index (χ1n) is 33.6. The fourth-order valence-corrected chi connectivity index (χ4v) is 9.85. The Labute approximate surface area is 478 Å².